The number of rotatable bonds is 3. The summed E-state index contributed by atoms with van der Waals surface area (Å²) in [6, 6.07) is 3.84. The van der Waals surface area contributed by atoms with Crippen LogP contribution in [-0.4, -0.2) is 22.8 Å². The first-order valence-corrected chi connectivity index (χ1v) is 5.37. The highest BCUT2D eigenvalue weighted by Gasteiger charge is 2.12. The van der Waals surface area contributed by atoms with Crippen molar-refractivity contribution in [3.8, 4) is 5.75 Å². The summed E-state index contributed by atoms with van der Waals surface area (Å²) in [5.74, 6) is -0.0641. The maximum absolute atomic E-state index is 10.8. The van der Waals surface area contributed by atoms with Gasteiger partial charge in [0.15, 0.2) is 0 Å². The van der Waals surface area contributed by atoms with Crippen LogP contribution in [0.5, 0.6) is 5.75 Å². The standard InChI is InChI=1S/C13H15NO3/c1-8-4-10(17-3)6-11-9(5-12(15)16)7-14(2)13(8)11/h4,6-7H,5H2,1-3H3,(H,15,16). The van der Waals surface area contributed by atoms with Gasteiger partial charge in [-0.25, -0.2) is 0 Å². The zero-order valence-electron chi connectivity index (χ0n) is 10.2. The van der Waals surface area contributed by atoms with E-state index in [0.717, 1.165) is 27.8 Å². The predicted octanol–water partition coefficient (Wildman–Crippen LogP) is 2.12. The number of hydrogen-bond donors (Lipinski definition) is 1. The van der Waals surface area contributed by atoms with Crippen LogP contribution < -0.4 is 4.74 Å². The highest BCUT2D eigenvalue weighted by atomic mass is 16.5. The van der Waals surface area contributed by atoms with Crippen molar-refractivity contribution < 1.29 is 14.6 Å². The topological polar surface area (TPSA) is 51.5 Å². The average molecular weight is 233 g/mol. The lowest BCUT2D eigenvalue weighted by molar-refractivity contribution is -0.136. The van der Waals surface area contributed by atoms with Crippen molar-refractivity contribution in [1.82, 2.24) is 4.57 Å². The Morgan fingerprint density at radius 1 is 1.47 bits per heavy atom. The lowest BCUT2D eigenvalue weighted by Crippen LogP contribution is -1.99. The van der Waals surface area contributed by atoms with Crippen molar-refractivity contribution in [2.24, 2.45) is 7.05 Å². The van der Waals surface area contributed by atoms with E-state index in [1.807, 2.05) is 36.9 Å². The third-order valence-corrected chi connectivity index (χ3v) is 2.90. The molecular formula is C13H15NO3. The van der Waals surface area contributed by atoms with Gasteiger partial charge in [0, 0.05) is 18.6 Å². The van der Waals surface area contributed by atoms with Crippen molar-refractivity contribution in [2.45, 2.75) is 13.3 Å². The molecule has 0 aliphatic heterocycles. The van der Waals surface area contributed by atoms with E-state index in [-0.39, 0.29) is 6.42 Å². The summed E-state index contributed by atoms with van der Waals surface area (Å²) in [6.45, 7) is 2.00. The summed E-state index contributed by atoms with van der Waals surface area (Å²) < 4.78 is 7.18. The Labute approximate surface area is 99.4 Å². The number of carboxylic acids is 1. The van der Waals surface area contributed by atoms with Crippen LogP contribution in [0.25, 0.3) is 10.9 Å². The van der Waals surface area contributed by atoms with Crippen LogP contribution in [0.2, 0.25) is 0 Å². The summed E-state index contributed by atoms with van der Waals surface area (Å²) in [7, 11) is 3.54. The van der Waals surface area contributed by atoms with Crippen molar-refractivity contribution in [3.05, 3.63) is 29.5 Å². The van der Waals surface area contributed by atoms with E-state index in [1.54, 1.807) is 7.11 Å². The highest BCUT2D eigenvalue weighted by molar-refractivity contribution is 5.90. The van der Waals surface area contributed by atoms with Gasteiger partial charge >= 0.3 is 5.97 Å². The van der Waals surface area contributed by atoms with Crippen LogP contribution in [0.1, 0.15) is 11.1 Å². The Morgan fingerprint density at radius 2 is 2.18 bits per heavy atom. The number of methoxy groups -OCH3 is 1. The first kappa shape index (κ1) is 11.5. The largest absolute Gasteiger partial charge is 0.497 e. The molecule has 1 aromatic carbocycles. The second kappa shape index (κ2) is 4.13. The summed E-state index contributed by atoms with van der Waals surface area (Å²) in [5.41, 5.74) is 2.96. The molecule has 0 unspecified atom stereocenters. The van der Waals surface area contributed by atoms with Crippen LogP contribution in [0.15, 0.2) is 18.3 Å². The van der Waals surface area contributed by atoms with Crippen LogP contribution in [-0.2, 0) is 18.3 Å². The fraction of sp³-hybridized carbons (Fsp3) is 0.308. The number of hydrogen-bond acceptors (Lipinski definition) is 2. The van der Waals surface area contributed by atoms with Crippen molar-refractivity contribution in [1.29, 1.82) is 0 Å². The smallest absolute Gasteiger partial charge is 0.307 e. The second-order valence-corrected chi connectivity index (χ2v) is 4.18. The first-order chi connectivity index (χ1) is 8.02. The molecule has 0 bridgehead atoms. The van der Waals surface area contributed by atoms with Gasteiger partial charge < -0.3 is 14.4 Å². The van der Waals surface area contributed by atoms with E-state index in [1.165, 1.54) is 0 Å². The molecule has 4 heteroatoms. The van der Waals surface area contributed by atoms with Crippen molar-refractivity contribution in [3.63, 3.8) is 0 Å². The van der Waals surface area contributed by atoms with Gasteiger partial charge in [-0.05, 0) is 30.2 Å². The zero-order chi connectivity index (χ0) is 12.6. The maximum atomic E-state index is 10.8. The molecule has 90 valence electrons. The van der Waals surface area contributed by atoms with Crippen LogP contribution in [0.3, 0.4) is 0 Å². The summed E-state index contributed by atoms with van der Waals surface area (Å²) in [4.78, 5) is 10.8. The molecule has 0 atom stereocenters. The zero-order valence-corrected chi connectivity index (χ0v) is 10.2. The van der Waals surface area contributed by atoms with Crippen LogP contribution in [0, 0.1) is 6.92 Å². The normalized spacial score (nSPS) is 10.8. The number of aliphatic carboxylic acids is 1. The minimum Gasteiger partial charge on any atom is -0.497 e. The number of carbonyl (C=O) groups is 1. The van der Waals surface area contributed by atoms with Crippen molar-refractivity contribution in [2.75, 3.05) is 7.11 Å². The maximum Gasteiger partial charge on any atom is 0.307 e. The summed E-state index contributed by atoms with van der Waals surface area (Å²) in [6.07, 6.45) is 1.90. The van der Waals surface area contributed by atoms with Gasteiger partial charge in [0.2, 0.25) is 0 Å². The number of aromatic nitrogens is 1. The molecule has 0 radical (unpaired) electrons. The number of carboxylic acid groups (broad SMARTS) is 1. The number of benzene rings is 1. The van der Waals surface area contributed by atoms with E-state index >= 15 is 0 Å². The molecule has 0 aliphatic rings. The number of fused-ring (bicyclic) bond motifs is 1. The van der Waals surface area contributed by atoms with Crippen molar-refractivity contribution >= 4 is 16.9 Å². The Balaban J connectivity index is 2.70. The third kappa shape index (κ3) is 1.98. The fourth-order valence-corrected chi connectivity index (χ4v) is 2.25. The van der Waals surface area contributed by atoms with E-state index in [4.69, 9.17) is 9.84 Å². The fourth-order valence-electron chi connectivity index (χ4n) is 2.25. The minimum atomic E-state index is -0.821. The van der Waals surface area contributed by atoms with Gasteiger partial charge in [-0.2, -0.15) is 0 Å². The van der Waals surface area contributed by atoms with Gasteiger partial charge in [-0.1, -0.05) is 0 Å². The first-order valence-electron chi connectivity index (χ1n) is 5.37. The quantitative estimate of drug-likeness (QED) is 0.883. The molecule has 1 heterocycles. The van der Waals surface area contributed by atoms with Gasteiger partial charge in [0.1, 0.15) is 5.75 Å². The molecule has 1 N–H and O–H groups in total. The number of aryl methyl sites for hydroxylation is 2. The average Bonchev–Trinajstić information content (AvgIpc) is 2.55. The molecule has 0 saturated heterocycles. The summed E-state index contributed by atoms with van der Waals surface area (Å²) in [5, 5.41) is 9.84. The minimum absolute atomic E-state index is 0.0317. The predicted molar refractivity (Wildman–Crippen MR) is 65.5 cm³/mol. The van der Waals surface area contributed by atoms with E-state index in [0.29, 0.717) is 0 Å². The Bertz CT molecular complexity index is 584. The number of nitrogens with zero attached hydrogens (tertiary/aromatic N) is 1. The van der Waals surface area contributed by atoms with Gasteiger partial charge in [-0.3, -0.25) is 4.79 Å². The second-order valence-electron chi connectivity index (χ2n) is 4.18. The monoisotopic (exact) mass is 233 g/mol. The van der Waals surface area contributed by atoms with Gasteiger partial charge in [0.25, 0.3) is 0 Å². The lowest BCUT2D eigenvalue weighted by Gasteiger charge is -2.05. The summed E-state index contributed by atoms with van der Waals surface area (Å²) >= 11 is 0. The Hall–Kier alpha value is -1.97. The van der Waals surface area contributed by atoms with Crippen LogP contribution in [0.4, 0.5) is 0 Å². The lowest BCUT2D eigenvalue weighted by atomic mass is 10.1. The molecule has 0 amide bonds. The molecule has 0 fully saturated rings. The number of ether oxygens (including phenoxy) is 1. The Morgan fingerprint density at radius 3 is 2.76 bits per heavy atom. The van der Waals surface area contributed by atoms with Gasteiger partial charge in [0.05, 0.1) is 19.0 Å². The highest BCUT2D eigenvalue weighted by Crippen LogP contribution is 2.29. The SMILES string of the molecule is COc1cc(C)c2c(c1)c(CC(=O)O)cn2C. The van der Waals surface area contributed by atoms with E-state index < -0.39 is 5.97 Å². The molecule has 17 heavy (non-hydrogen) atoms. The molecule has 0 aliphatic carbocycles. The molecular weight excluding hydrogens is 218 g/mol. The molecule has 2 aromatic rings. The Kier molecular flexibility index (Phi) is 2.79. The van der Waals surface area contributed by atoms with Crippen LogP contribution >= 0.6 is 0 Å². The molecule has 0 spiro atoms. The molecule has 0 saturated carbocycles. The molecule has 1 aromatic heterocycles. The van der Waals surface area contributed by atoms with E-state index in [9.17, 15) is 4.79 Å². The van der Waals surface area contributed by atoms with E-state index in [2.05, 4.69) is 0 Å². The van der Waals surface area contributed by atoms with Gasteiger partial charge in [-0.15, -0.1) is 0 Å². The molecule has 2 rings (SSSR count). The molecule has 4 nitrogen and oxygen atoms in total. The third-order valence-electron chi connectivity index (χ3n) is 2.90.